The first-order valence-electron chi connectivity index (χ1n) is 8.61. The maximum Gasteiger partial charge on any atom is 0.272 e. The second-order valence-electron chi connectivity index (χ2n) is 6.25. The topological polar surface area (TPSA) is 92.3 Å². The molecule has 3 rings (SSSR count). The van der Waals surface area contributed by atoms with Gasteiger partial charge >= 0.3 is 0 Å². The Kier molecular flexibility index (Phi) is 5.51. The third-order valence-electron chi connectivity index (χ3n) is 4.42. The number of benzene rings is 1. The van der Waals surface area contributed by atoms with Gasteiger partial charge in [-0.2, -0.15) is 0 Å². The fourth-order valence-corrected chi connectivity index (χ4v) is 4.81. The molecule has 138 valence electrons. The van der Waals surface area contributed by atoms with Crippen LogP contribution in [0.3, 0.4) is 0 Å². The Morgan fingerprint density at radius 3 is 2.69 bits per heavy atom. The fourth-order valence-electron chi connectivity index (χ4n) is 3.08. The summed E-state index contributed by atoms with van der Waals surface area (Å²) in [4.78, 5) is 22.9. The Hall–Kier alpha value is -2.48. The number of aromatic nitrogens is 2. The lowest BCUT2D eigenvalue weighted by Crippen LogP contribution is -2.41. The van der Waals surface area contributed by atoms with Crippen LogP contribution in [0.2, 0.25) is 0 Å². The molecule has 1 unspecified atom stereocenters. The van der Waals surface area contributed by atoms with Gasteiger partial charge in [0.05, 0.1) is 11.5 Å². The summed E-state index contributed by atoms with van der Waals surface area (Å²) in [7, 11) is -3.05. The van der Waals surface area contributed by atoms with Crippen molar-refractivity contribution in [3.8, 4) is 0 Å². The lowest BCUT2D eigenvalue weighted by Gasteiger charge is -2.26. The summed E-state index contributed by atoms with van der Waals surface area (Å²) in [6.45, 7) is 2.84. The van der Waals surface area contributed by atoms with E-state index in [1.807, 2.05) is 37.3 Å². The molecule has 0 aliphatic carbocycles. The maximum absolute atomic E-state index is 12.8. The number of amides is 1. The van der Waals surface area contributed by atoms with Crippen LogP contribution >= 0.6 is 0 Å². The Bertz CT molecular complexity index is 871. The van der Waals surface area contributed by atoms with Crippen LogP contribution in [0.15, 0.2) is 42.6 Å². The molecule has 1 saturated heterocycles. The summed E-state index contributed by atoms with van der Waals surface area (Å²) in [5, 5.41) is 3.11. The van der Waals surface area contributed by atoms with Crippen molar-refractivity contribution < 1.29 is 13.2 Å². The highest BCUT2D eigenvalue weighted by Crippen LogP contribution is 2.19. The molecular formula is C18H22N4O3S. The van der Waals surface area contributed by atoms with Crippen LogP contribution < -0.4 is 5.32 Å². The summed E-state index contributed by atoms with van der Waals surface area (Å²) in [5.74, 6) is 0.265. The van der Waals surface area contributed by atoms with Crippen LogP contribution in [0.5, 0.6) is 0 Å². The van der Waals surface area contributed by atoms with Crippen molar-refractivity contribution in [3.05, 3.63) is 53.9 Å². The van der Waals surface area contributed by atoms with Crippen LogP contribution in [0.4, 0.5) is 5.95 Å². The van der Waals surface area contributed by atoms with Gasteiger partial charge in [-0.15, -0.1) is 0 Å². The van der Waals surface area contributed by atoms with Gasteiger partial charge in [-0.1, -0.05) is 30.3 Å². The van der Waals surface area contributed by atoms with Gasteiger partial charge in [-0.25, -0.2) is 18.4 Å². The number of rotatable bonds is 6. The molecule has 8 heteroatoms. The molecule has 0 saturated carbocycles. The second-order valence-corrected chi connectivity index (χ2v) is 8.48. The Morgan fingerprint density at radius 1 is 1.27 bits per heavy atom. The van der Waals surface area contributed by atoms with E-state index < -0.39 is 9.84 Å². The summed E-state index contributed by atoms with van der Waals surface area (Å²) < 4.78 is 23.4. The number of sulfone groups is 1. The molecule has 7 nitrogen and oxygen atoms in total. The number of carbonyl (C=O) groups is 1. The predicted octanol–water partition coefficient (Wildman–Crippen LogP) is 1.74. The zero-order valence-electron chi connectivity index (χ0n) is 14.6. The van der Waals surface area contributed by atoms with Gasteiger partial charge in [0.15, 0.2) is 9.84 Å². The van der Waals surface area contributed by atoms with E-state index in [0.717, 1.165) is 5.56 Å². The number of carbonyl (C=O) groups excluding carboxylic acids is 1. The number of nitrogens with zero attached hydrogens (tertiary/aromatic N) is 3. The third-order valence-corrected chi connectivity index (χ3v) is 6.17. The summed E-state index contributed by atoms with van der Waals surface area (Å²) in [5.41, 5.74) is 1.35. The standard InChI is InChI=1S/C18H22N4O3S/c1-2-22(15-9-11-26(24,25)13-15)17(23)16-8-10-19-18(21-16)20-12-14-6-4-3-5-7-14/h3-8,10,15H,2,9,11-13H2,1H3,(H,19,20,21). The van der Waals surface area contributed by atoms with Gasteiger partial charge in [-0.05, 0) is 25.0 Å². The van der Waals surface area contributed by atoms with Crippen LogP contribution in [-0.2, 0) is 16.4 Å². The monoisotopic (exact) mass is 374 g/mol. The molecule has 1 N–H and O–H groups in total. The molecule has 1 aromatic carbocycles. The van der Waals surface area contributed by atoms with Crippen molar-refractivity contribution in [2.45, 2.75) is 25.9 Å². The Morgan fingerprint density at radius 2 is 2.04 bits per heavy atom. The largest absolute Gasteiger partial charge is 0.350 e. The molecule has 1 aliphatic rings. The van der Waals surface area contributed by atoms with E-state index in [-0.39, 0.29) is 29.1 Å². The number of hydrogen-bond acceptors (Lipinski definition) is 6. The quantitative estimate of drug-likeness (QED) is 0.828. The normalized spacial score (nSPS) is 18.4. The lowest BCUT2D eigenvalue weighted by molar-refractivity contribution is 0.0702. The van der Waals surface area contributed by atoms with Gasteiger partial charge in [0.2, 0.25) is 5.95 Å². The van der Waals surface area contributed by atoms with Gasteiger partial charge in [0.25, 0.3) is 5.91 Å². The predicted molar refractivity (Wildman–Crippen MR) is 99.6 cm³/mol. The molecule has 2 heterocycles. The van der Waals surface area contributed by atoms with Crippen molar-refractivity contribution >= 4 is 21.7 Å². The van der Waals surface area contributed by atoms with E-state index in [4.69, 9.17) is 0 Å². The Balaban J connectivity index is 1.71. The highest BCUT2D eigenvalue weighted by atomic mass is 32.2. The SMILES string of the molecule is CCN(C(=O)c1ccnc(NCc2ccccc2)n1)C1CCS(=O)(=O)C1. The van der Waals surface area contributed by atoms with Crippen LogP contribution in [0.25, 0.3) is 0 Å². The zero-order valence-corrected chi connectivity index (χ0v) is 15.4. The molecule has 1 fully saturated rings. The number of hydrogen-bond donors (Lipinski definition) is 1. The van der Waals surface area contributed by atoms with E-state index in [1.54, 1.807) is 11.0 Å². The van der Waals surface area contributed by atoms with E-state index in [9.17, 15) is 13.2 Å². The average Bonchev–Trinajstić information content (AvgIpc) is 3.01. The van der Waals surface area contributed by atoms with Crippen molar-refractivity contribution in [2.24, 2.45) is 0 Å². The molecule has 26 heavy (non-hydrogen) atoms. The van der Waals surface area contributed by atoms with E-state index >= 15 is 0 Å². The summed E-state index contributed by atoms with van der Waals surface area (Å²) in [6, 6.07) is 11.1. The number of anilines is 1. The lowest BCUT2D eigenvalue weighted by atomic mass is 10.2. The molecular weight excluding hydrogens is 352 g/mol. The molecule has 0 spiro atoms. The number of nitrogens with one attached hydrogen (secondary N) is 1. The molecule has 2 aromatic rings. The fraction of sp³-hybridized carbons (Fsp3) is 0.389. The van der Waals surface area contributed by atoms with Gasteiger partial charge in [0.1, 0.15) is 5.69 Å². The minimum absolute atomic E-state index is 0.0246. The minimum Gasteiger partial charge on any atom is -0.350 e. The maximum atomic E-state index is 12.8. The molecule has 1 amide bonds. The summed E-state index contributed by atoms with van der Waals surface area (Å²) in [6.07, 6.45) is 2.01. The van der Waals surface area contributed by atoms with E-state index in [1.165, 1.54) is 6.20 Å². The zero-order chi connectivity index (χ0) is 18.6. The van der Waals surface area contributed by atoms with E-state index in [0.29, 0.717) is 25.5 Å². The molecule has 0 bridgehead atoms. The van der Waals surface area contributed by atoms with Crippen LogP contribution in [0.1, 0.15) is 29.4 Å². The third kappa shape index (κ3) is 4.37. The highest BCUT2D eigenvalue weighted by molar-refractivity contribution is 7.91. The first-order chi connectivity index (χ1) is 12.5. The van der Waals surface area contributed by atoms with E-state index in [2.05, 4.69) is 15.3 Å². The smallest absolute Gasteiger partial charge is 0.272 e. The minimum atomic E-state index is -3.05. The van der Waals surface area contributed by atoms with Crippen molar-refractivity contribution in [3.63, 3.8) is 0 Å². The molecule has 1 aliphatic heterocycles. The van der Waals surface area contributed by atoms with Crippen molar-refractivity contribution in [2.75, 3.05) is 23.4 Å². The first-order valence-corrected chi connectivity index (χ1v) is 10.4. The van der Waals surface area contributed by atoms with Gasteiger partial charge in [0, 0.05) is 25.3 Å². The summed E-state index contributed by atoms with van der Waals surface area (Å²) >= 11 is 0. The van der Waals surface area contributed by atoms with Gasteiger partial charge < -0.3 is 10.2 Å². The first kappa shape index (κ1) is 18.3. The van der Waals surface area contributed by atoms with Crippen molar-refractivity contribution in [1.82, 2.24) is 14.9 Å². The van der Waals surface area contributed by atoms with Crippen molar-refractivity contribution in [1.29, 1.82) is 0 Å². The molecule has 1 aromatic heterocycles. The molecule has 1 atom stereocenters. The molecule has 0 radical (unpaired) electrons. The van der Waals surface area contributed by atoms with Crippen LogP contribution in [-0.4, -0.2) is 53.3 Å². The second kappa shape index (κ2) is 7.82. The highest BCUT2D eigenvalue weighted by Gasteiger charge is 2.34. The van der Waals surface area contributed by atoms with Crippen LogP contribution in [0, 0.1) is 0 Å². The Labute approximate surface area is 153 Å². The average molecular weight is 374 g/mol. The van der Waals surface area contributed by atoms with Gasteiger partial charge in [-0.3, -0.25) is 4.79 Å².